The number of carbonyl (C=O) groups is 2. The van der Waals surface area contributed by atoms with E-state index in [0.717, 1.165) is 36.2 Å². The second-order valence-corrected chi connectivity index (χ2v) is 6.86. The summed E-state index contributed by atoms with van der Waals surface area (Å²) >= 11 is 0. The van der Waals surface area contributed by atoms with E-state index in [-0.39, 0.29) is 12.0 Å². The van der Waals surface area contributed by atoms with Crippen molar-refractivity contribution in [2.75, 3.05) is 19.6 Å². The Balaban J connectivity index is 1.34. The van der Waals surface area contributed by atoms with Crippen LogP contribution >= 0.6 is 0 Å². The molecule has 1 aromatic carbocycles. The topological polar surface area (TPSA) is 87.3 Å². The average Bonchev–Trinajstić information content (AvgIpc) is 3.12. The van der Waals surface area contributed by atoms with Gasteiger partial charge in [-0.1, -0.05) is 12.1 Å². The van der Waals surface area contributed by atoms with Gasteiger partial charge in [-0.3, -0.25) is 4.79 Å². The molecule has 132 valence electrons. The van der Waals surface area contributed by atoms with Crippen LogP contribution in [0.25, 0.3) is 11.0 Å². The third-order valence-corrected chi connectivity index (χ3v) is 5.13. The Morgan fingerprint density at radius 3 is 2.96 bits per heavy atom. The number of aromatic nitrogens is 2. The van der Waals surface area contributed by atoms with Gasteiger partial charge in [0.1, 0.15) is 11.4 Å². The molecular formula is C18H22N4O3. The van der Waals surface area contributed by atoms with Gasteiger partial charge in [-0.2, -0.15) is 0 Å². The van der Waals surface area contributed by atoms with Crippen molar-refractivity contribution in [2.24, 2.45) is 0 Å². The van der Waals surface area contributed by atoms with Gasteiger partial charge in [0.2, 0.25) is 5.91 Å². The van der Waals surface area contributed by atoms with Crippen molar-refractivity contribution >= 4 is 23.0 Å². The number of H-pyrrole nitrogens is 1. The van der Waals surface area contributed by atoms with Crippen molar-refractivity contribution in [1.82, 2.24) is 20.2 Å². The van der Waals surface area contributed by atoms with Crippen LogP contribution in [0.1, 0.15) is 31.5 Å². The monoisotopic (exact) mass is 342 g/mol. The molecule has 0 saturated carbocycles. The number of alkyl carbamates (subject to hydrolysis) is 1. The summed E-state index contributed by atoms with van der Waals surface area (Å²) in [4.78, 5) is 33.6. The molecule has 2 fully saturated rings. The number of nitrogens with zero attached hydrogens (tertiary/aromatic N) is 2. The van der Waals surface area contributed by atoms with E-state index in [2.05, 4.69) is 15.3 Å². The molecule has 1 atom stereocenters. The first-order chi connectivity index (χ1) is 12.1. The maximum atomic E-state index is 12.6. The van der Waals surface area contributed by atoms with E-state index in [1.165, 1.54) is 0 Å². The van der Waals surface area contributed by atoms with E-state index in [1.807, 2.05) is 29.2 Å². The quantitative estimate of drug-likeness (QED) is 0.893. The number of likely N-dealkylation sites (tertiary alicyclic amines) is 1. The number of ether oxygens (including phenoxy) is 1. The summed E-state index contributed by atoms with van der Waals surface area (Å²) in [6.45, 7) is 1.90. The second-order valence-electron chi connectivity index (χ2n) is 6.86. The molecule has 1 aromatic heterocycles. The molecule has 1 spiro atoms. The number of imidazole rings is 1. The van der Waals surface area contributed by atoms with Gasteiger partial charge in [-0.25, -0.2) is 9.78 Å². The molecule has 0 aliphatic carbocycles. The van der Waals surface area contributed by atoms with Crippen LogP contribution in [0, 0.1) is 0 Å². The molecular weight excluding hydrogens is 320 g/mol. The summed E-state index contributed by atoms with van der Waals surface area (Å²) in [5.41, 5.74) is 1.50. The summed E-state index contributed by atoms with van der Waals surface area (Å²) < 4.78 is 5.46. The lowest BCUT2D eigenvalue weighted by molar-refractivity contribution is -0.131. The van der Waals surface area contributed by atoms with Gasteiger partial charge in [-0.15, -0.1) is 0 Å². The van der Waals surface area contributed by atoms with Crippen molar-refractivity contribution in [2.45, 2.75) is 37.7 Å². The molecule has 2 aromatic rings. The van der Waals surface area contributed by atoms with E-state index in [1.54, 1.807) is 0 Å². The van der Waals surface area contributed by atoms with Crippen molar-refractivity contribution < 1.29 is 14.3 Å². The van der Waals surface area contributed by atoms with E-state index < -0.39 is 5.60 Å². The van der Waals surface area contributed by atoms with Gasteiger partial charge < -0.3 is 19.9 Å². The lowest BCUT2D eigenvalue weighted by Gasteiger charge is -2.25. The fraction of sp³-hybridized carbons (Fsp3) is 0.500. The number of nitrogens with one attached hydrogen (secondary N) is 2. The number of hydrogen-bond acceptors (Lipinski definition) is 4. The number of benzene rings is 1. The molecule has 7 heteroatoms. The number of fused-ring (bicyclic) bond motifs is 1. The van der Waals surface area contributed by atoms with Gasteiger partial charge in [0.05, 0.1) is 17.6 Å². The molecule has 1 unspecified atom stereocenters. The first-order valence-electron chi connectivity index (χ1n) is 8.82. The lowest BCUT2D eigenvalue weighted by Crippen LogP contribution is -2.36. The highest BCUT2D eigenvalue weighted by Gasteiger charge is 2.41. The molecule has 25 heavy (non-hydrogen) atoms. The number of rotatable bonds is 3. The summed E-state index contributed by atoms with van der Waals surface area (Å²) in [5.74, 6) is 0.976. The molecule has 2 N–H and O–H groups in total. The van der Waals surface area contributed by atoms with Crippen molar-refractivity contribution in [3.63, 3.8) is 0 Å². The maximum Gasteiger partial charge on any atom is 0.407 e. The highest BCUT2D eigenvalue weighted by Crippen LogP contribution is 2.29. The normalized spacial score (nSPS) is 23.5. The number of para-hydroxylation sites is 2. The standard InChI is InChI=1S/C18H22N4O3/c23-16(7-6-15-20-13-4-1-2-5-14(13)21-15)22-10-3-8-18(9-11-22)12-19-17(24)25-18/h1-2,4-5H,3,6-12H2,(H,19,24)(H,20,21). The number of aryl methyl sites for hydroxylation is 1. The molecule has 4 rings (SSSR count). The fourth-order valence-electron chi connectivity index (χ4n) is 3.71. The third-order valence-electron chi connectivity index (χ3n) is 5.13. The minimum atomic E-state index is -0.426. The predicted octanol–water partition coefficient (Wildman–Crippen LogP) is 1.99. The van der Waals surface area contributed by atoms with Crippen LogP contribution in [0.4, 0.5) is 4.79 Å². The van der Waals surface area contributed by atoms with Gasteiger partial charge >= 0.3 is 6.09 Å². The lowest BCUT2D eigenvalue weighted by atomic mass is 9.95. The fourth-order valence-corrected chi connectivity index (χ4v) is 3.71. The summed E-state index contributed by atoms with van der Waals surface area (Å²) in [6.07, 6.45) is 3.05. The minimum Gasteiger partial charge on any atom is -0.441 e. The number of carbonyl (C=O) groups excluding carboxylic acids is 2. The predicted molar refractivity (Wildman–Crippen MR) is 92.1 cm³/mol. The smallest absolute Gasteiger partial charge is 0.407 e. The van der Waals surface area contributed by atoms with Crippen molar-refractivity contribution in [1.29, 1.82) is 0 Å². The Bertz CT molecular complexity index is 769. The minimum absolute atomic E-state index is 0.134. The summed E-state index contributed by atoms with van der Waals surface area (Å²) in [5, 5.41) is 2.73. The van der Waals surface area contributed by atoms with E-state index in [0.29, 0.717) is 32.4 Å². The molecule has 3 heterocycles. The summed E-state index contributed by atoms with van der Waals surface area (Å²) in [6, 6.07) is 7.87. The highest BCUT2D eigenvalue weighted by molar-refractivity contribution is 5.77. The maximum absolute atomic E-state index is 12.6. The van der Waals surface area contributed by atoms with Crippen LogP contribution in [-0.4, -0.2) is 52.1 Å². The first-order valence-corrected chi connectivity index (χ1v) is 8.82. The van der Waals surface area contributed by atoms with E-state index >= 15 is 0 Å². The number of aromatic amines is 1. The molecule has 0 bridgehead atoms. The van der Waals surface area contributed by atoms with Crippen LogP contribution in [0.5, 0.6) is 0 Å². The van der Waals surface area contributed by atoms with Crippen molar-refractivity contribution in [3.05, 3.63) is 30.1 Å². The van der Waals surface area contributed by atoms with Crippen LogP contribution < -0.4 is 5.32 Å². The van der Waals surface area contributed by atoms with Crippen LogP contribution in [0.2, 0.25) is 0 Å². The zero-order valence-corrected chi connectivity index (χ0v) is 14.1. The Morgan fingerprint density at radius 1 is 1.28 bits per heavy atom. The summed E-state index contributed by atoms with van der Waals surface area (Å²) in [7, 11) is 0. The van der Waals surface area contributed by atoms with Gasteiger partial charge in [0.25, 0.3) is 0 Å². The second kappa shape index (κ2) is 6.38. The zero-order valence-electron chi connectivity index (χ0n) is 14.1. The number of hydrogen-bond donors (Lipinski definition) is 2. The van der Waals surface area contributed by atoms with Crippen LogP contribution in [0.15, 0.2) is 24.3 Å². The zero-order chi connectivity index (χ0) is 17.3. The molecule has 7 nitrogen and oxygen atoms in total. The van der Waals surface area contributed by atoms with Crippen LogP contribution in [0.3, 0.4) is 0 Å². The van der Waals surface area contributed by atoms with Gasteiger partial charge in [0, 0.05) is 32.4 Å². The Labute approximate surface area is 145 Å². The van der Waals surface area contributed by atoms with E-state index in [4.69, 9.17) is 4.74 Å². The average molecular weight is 342 g/mol. The number of amides is 2. The van der Waals surface area contributed by atoms with Crippen molar-refractivity contribution in [3.8, 4) is 0 Å². The molecule has 2 aliphatic heterocycles. The highest BCUT2D eigenvalue weighted by atomic mass is 16.6. The Kier molecular flexibility index (Phi) is 4.07. The SMILES string of the molecule is O=C1NCC2(CCCN(C(=O)CCc3nc4ccccc4[nH]3)CC2)O1. The molecule has 2 saturated heterocycles. The third kappa shape index (κ3) is 3.31. The van der Waals surface area contributed by atoms with Gasteiger partial charge in [0.15, 0.2) is 0 Å². The Morgan fingerprint density at radius 2 is 2.16 bits per heavy atom. The molecule has 2 amide bonds. The van der Waals surface area contributed by atoms with Crippen LogP contribution in [-0.2, 0) is 16.0 Å². The first kappa shape index (κ1) is 15.9. The van der Waals surface area contributed by atoms with E-state index in [9.17, 15) is 9.59 Å². The van der Waals surface area contributed by atoms with Gasteiger partial charge in [-0.05, 0) is 25.0 Å². The Hall–Kier alpha value is -2.57. The molecule has 0 radical (unpaired) electrons. The largest absolute Gasteiger partial charge is 0.441 e. The molecule has 2 aliphatic rings.